The summed E-state index contributed by atoms with van der Waals surface area (Å²) in [6.45, 7) is 5.02. The van der Waals surface area contributed by atoms with Crippen molar-refractivity contribution in [3.63, 3.8) is 0 Å². The van der Waals surface area contributed by atoms with Crippen molar-refractivity contribution < 1.29 is 4.80 Å². The van der Waals surface area contributed by atoms with Crippen molar-refractivity contribution in [1.29, 1.82) is 0 Å². The molecule has 2 N–H and O–H groups in total. The molecule has 0 saturated carbocycles. The molecule has 85 valence electrons. The molecule has 0 saturated heterocycles. The lowest BCUT2D eigenvalue weighted by Gasteiger charge is -2.22. The highest BCUT2D eigenvalue weighted by atomic mass is 28.4. The zero-order valence-corrected chi connectivity index (χ0v) is 10.8. The van der Waals surface area contributed by atoms with E-state index in [0.29, 0.717) is 6.54 Å². The first-order chi connectivity index (χ1) is 6.68. The van der Waals surface area contributed by atoms with Gasteiger partial charge < -0.3 is 5.73 Å². The Balaban J connectivity index is 3.89. The van der Waals surface area contributed by atoms with Gasteiger partial charge in [-0.2, -0.15) is 0 Å². The molecule has 14 heavy (non-hydrogen) atoms. The highest BCUT2D eigenvalue weighted by Gasteiger charge is 2.31. The van der Waals surface area contributed by atoms with E-state index in [2.05, 4.69) is 13.8 Å². The van der Waals surface area contributed by atoms with Crippen molar-refractivity contribution in [1.82, 2.24) is 0 Å². The minimum absolute atomic E-state index is 0.690. The molecule has 0 aliphatic rings. The Kier molecular flexibility index (Phi) is 8.53. The molecule has 0 atom stereocenters. The predicted octanol–water partition coefficient (Wildman–Crippen LogP) is 3.31. The monoisotopic (exact) mass is 216 g/mol. The Bertz CT molecular complexity index is 109. The number of rotatable bonds is 9. The van der Waals surface area contributed by atoms with Crippen LogP contribution in [0.2, 0.25) is 18.1 Å². The van der Waals surface area contributed by atoms with Crippen LogP contribution < -0.4 is 5.73 Å². The van der Waals surface area contributed by atoms with Crippen LogP contribution in [0.15, 0.2) is 0 Å². The van der Waals surface area contributed by atoms with Crippen molar-refractivity contribution in [2.45, 2.75) is 64.1 Å². The largest absolute Gasteiger partial charge is 0.330 e. The second-order valence-electron chi connectivity index (χ2n) is 4.28. The SMILES string of the molecule is CCCC[Si]([O])(CCCC)CCCN. The maximum absolute atomic E-state index is 12.5. The summed E-state index contributed by atoms with van der Waals surface area (Å²) in [5.41, 5.74) is 5.48. The summed E-state index contributed by atoms with van der Waals surface area (Å²) in [6.07, 6.45) is 5.52. The molecule has 0 aliphatic carbocycles. The first-order valence-corrected chi connectivity index (χ1v) is 8.62. The Morgan fingerprint density at radius 2 is 1.36 bits per heavy atom. The van der Waals surface area contributed by atoms with E-state index in [0.717, 1.165) is 50.2 Å². The third-order valence-corrected chi connectivity index (χ3v) is 6.60. The van der Waals surface area contributed by atoms with E-state index in [1.807, 2.05) is 0 Å². The van der Waals surface area contributed by atoms with Gasteiger partial charge in [-0.05, 0) is 31.1 Å². The van der Waals surface area contributed by atoms with E-state index < -0.39 is 8.32 Å². The van der Waals surface area contributed by atoms with Gasteiger partial charge in [-0.1, -0.05) is 39.5 Å². The molecular formula is C11H26NOSi. The smallest absolute Gasteiger partial charge is 0.237 e. The zero-order chi connectivity index (χ0) is 10.9. The summed E-state index contributed by atoms with van der Waals surface area (Å²) in [7, 11) is -2.14. The number of hydrogen-bond acceptors (Lipinski definition) is 1. The average molecular weight is 216 g/mol. The summed E-state index contributed by atoms with van der Waals surface area (Å²) in [6, 6.07) is 2.86. The number of nitrogens with two attached hydrogens (primary N) is 1. The second-order valence-corrected chi connectivity index (χ2v) is 8.15. The van der Waals surface area contributed by atoms with Crippen LogP contribution in [0.5, 0.6) is 0 Å². The molecule has 0 aromatic rings. The molecule has 0 aliphatic heterocycles. The van der Waals surface area contributed by atoms with Gasteiger partial charge in [-0.15, -0.1) is 0 Å². The van der Waals surface area contributed by atoms with Gasteiger partial charge in [-0.25, -0.2) is 0 Å². The van der Waals surface area contributed by atoms with Crippen molar-refractivity contribution in [2.75, 3.05) is 6.54 Å². The van der Waals surface area contributed by atoms with Gasteiger partial charge in [0.15, 0.2) is 0 Å². The van der Waals surface area contributed by atoms with Crippen LogP contribution in [0.3, 0.4) is 0 Å². The Hall–Kier alpha value is 0.137. The summed E-state index contributed by atoms with van der Waals surface area (Å²) >= 11 is 0. The molecule has 0 heterocycles. The Morgan fingerprint density at radius 1 is 0.929 bits per heavy atom. The molecule has 0 rings (SSSR count). The second kappa shape index (κ2) is 8.45. The van der Waals surface area contributed by atoms with Gasteiger partial charge in [0.05, 0.1) is 0 Å². The standard InChI is InChI=1S/C11H26NOSi/c1-3-5-9-14(13,10-6-4-2)11-7-8-12/h3-12H2,1-2H3. The van der Waals surface area contributed by atoms with Crippen molar-refractivity contribution in [2.24, 2.45) is 5.73 Å². The predicted molar refractivity (Wildman–Crippen MR) is 64.3 cm³/mol. The van der Waals surface area contributed by atoms with Gasteiger partial charge in [0.2, 0.25) is 8.32 Å². The first-order valence-electron chi connectivity index (χ1n) is 6.09. The van der Waals surface area contributed by atoms with E-state index in [4.69, 9.17) is 5.73 Å². The topological polar surface area (TPSA) is 45.9 Å². The normalized spacial score (nSPS) is 12.0. The van der Waals surface area contributed by atoms with Crippen molar-refractivity contribution in [3.05, 3.63) is 0 Å². The third-order valence-electron chi connectivity index (χ3n) is 2.81. The molecular weight excluding hydrogens is 190 g/mol. The fourth-order valence-corrected chi connectivity index (χ4v) is 5.39. The average Bonchev–Trinajstić information content (AvgIpc) is 2.21. The van der Waals surface area contributed by atoms with Crippen LogP contribution in [0.1, 0.15) is 46.0 Å². The lowest BCUT2D eigenvalue weighted by Crippen LogP contribution is -2.32. The molecule has 2 nitrogen and oxygen atoms in total. The van der Waals surface area contributed by atoms with Crippen LogP contribution in [-0.4, -0.2) is 14.9 Å². The fraction of sp³-hybridized carbons (Fsp3) is 1.00. The maximum atomic E-state index is 12.5. The summed E-state index contributed by atoms with van der Waals surface area (Å²) in [5, 5.41) is 0. The quantitative estimate of drug-likeness (QED) is 0.591. The molecule has 0 bridgehead atoms. The Morgan fingerprint density at radius 3 is 1.71 bits per heavy atom. The summed E-state index contributed by atoms with van der Waals surface area (Å²) in [4.78, 5) is 12.5. The molecule has 0 amide bonds. The van der Waals surface area contributed by atoms with Crippen molar-refractivity contribution >= 4 is 8.32 Å². The van der Waals surface area contributed by atoms with E-state index in [9.17, 15) is 4.80 Å². The molecule has 1 radical (unpaired) electrons. The lowest BCUT2D eigenvalue weighted by atomic mass is 10.4. The maximum Gasteiger partial charge on any atom is 0.237 e. The summed E-state index contributed by atoms with van der Waals surface area (Å²) in [5.74, 6) is 0. The van der Waals surface area contributed by atoms with Gasteiger partial charge in [0.1, 0.15) is 0 Å². The minimum atomic E-state index is -2.14. The van der Waals surface area contributed by atoms with E-state index in [1.165, 1.54) is 0 Å². The molecule has 3 heteroatoms. The molecule has 0 spiro atoms. The van der Waals surface area contributed by atoms with Crippen LogP contribution in [0, 0.1) is 0 Å². The third kappa shape index (κ3) is 6.57. The first kappa shape index (κ1) is 14.1. The van der Waals surface area contributed by atoms with Gasteiger partial charge in [0, 0.05) is 0 Å². The van der Waals surface area contributed by atoms with E-state index in [1.54, 1.807) is 0 Å². The molecule has 0 unspecified atom stereocenters. The minimum Gasteiger partial charge on any atom is -0.330 e. The van der Waals surface area contributed by atoms with Crippen molar-refractivity contribution in [3.8, 4) is 0 Å². The van der Waals surface area contributed by atoms with Gasteiger partial charge >= 0.3 is 0 Å². The fourth-order valence-electron chi connectivity index (χ4n) is 1.80. The zero-order valence-electron chi connectivity index (χ0n) is 9.85. The van der Waals surface area contributed by atoms with Crippen LogP contribution in [-0.2, 0) is 4.80 Å². The van der Waals surface area contributed by atoms with Gasteiger partial charge in [-0.3, -0.25) is 4.80 Å². The molecule has 0 aromatic heterocycles. The van der Waals surface area contributed by atoms with E-state index >= 15 is 0 Å². The van der Waals surface area contributed by atoms with E-state index in [-0.39, 0.29) is 0 Å². The lowest BCUT2D eigenvalue weighted by molar-refractivity contribution is 0.402. The number of unbranched alkanes of at least 4 members (excludes halogenated alkanes) is 2. The highest BCUT2D eigenvalue weighted by molar-refractivity contribution is 6.72. The molecule has 0 fully saturated rings. The van der Waals surface area contributed by atoms with Crippen LogP contribution >= 0.6 is 0 Å². The van der Waals surface area contributed by atoms with Crippen LogP contribution in [0.4, 0.5) is 0 Å². The van der Waals surface area contributed by atoms with Gasteiger partial charge in [0.25, 0.3) is 0 Å². The number of hydrogen-bond donors (Lipinski definition) is 1. The van der Waals surface area contributed by atoms with Crippen LogP contribution in [0.25, 0.3) is 0 Å². The molecule has 0 aromatic carbocycles. The highest BCUT2D eigenvalue weighted by Crippen LogP contribution is 2.25. The summed E-state index contributed by atoms with van der Waals surface area (Å²) < 4.78 is 0. The Labute approximate surface area is 90.0 Å².